The monoisotopic (exact) mass is 485 g/mol. The van der Waals surface area contributed by atoms with Gasteiger partial charge in [0.05, 0.1) is 23.8 Å². The number of hydrogen-bond donors (Lipinski definition) is 1. The zero-order chi connectivity index (χ0) is 23.1. The van der Waals surface area contributed by atoms with E-state index in [1.165, 1.54) is 17.7 Å². The Morgan fingerprint density at radius 2 is 1.84 bits per heavy atom. The highest BCUT2D eigenvalue weighted by atomic mass is 35.5. The maximum Gasteiger partial charge on any atom is 0.417 e. The van der Waals surface area contributed by atoms with Gasteiger partial charge in [0.2, 0.25) is 0 Å². The second kappa shape index (κ2) is 11.3. The van der Waals surface area contributed by atoms with Gasteiger partial charge in [-0.3, -0.25) is 4.90 Å². The van der Waals surface area contributed by atoms with E-state index in [9.17, 15) is 13.2 Å². The third kappa shape index (κ3) is 7.33. The first-order valence-electron chi connectivity index (χ1n) is 10.5. The SMILES string of the molecule is Cc1ccc(CN(CCCN2CCOCC2)C(=S)Nc2ccc(C(F)(F)F)c(Cl)c2)cc1. The molecule has 4 nitrogen and oxygen atoms in total. The smallest absolute Gasteiger partial charge is 0.379 e. The van der Waals surface area contributed by atoms with Crippen LogP contribution >= 0.6 is 23.8 Å². The Morgan fingerprint density at radius 1 is 1.16 bits per heavy atom. The van der Waals surface area contributed by atoms with Gasteiger partial charge in [-0.1, -0.05) is 41.4 Å². The number of nitrogens with one attached hydrogen (secondary N) is 1. The van der Waals surface area contributed by atoms with Crippen LogP contribution in [-0.2, 0) is 17.5 Å². The lowest BCUT2D eigenvalue weighted by atomic mass is 10.1. The van der Waals surface area contributed by atoms with E-state index in [0.29, 0.717) is 23.9 Å². The number of ether oxygens (including phenoxy) is 1. The molecule has 0 saturated carbocycles. The van der Waals surface area contributed by atoms with Gasteiger partial charge in [-0.05, 0) is 49.3 Å². The molecule has 0 aromatic heterocycles. The topological polar surface area (TPSA) is 27.7 Å². The highest BCUT2D eigenvalue weighted by Crippen LogP contribution is 2.35. The van der Waals surface area contributed by atoms with E-state index in [4.69, 9.17) is 28.6 Å². The number of rotatable bonds is 7. The molecule has 3 rings (SSSR count). The first-order valence-corrected chi connectivity index (χ1v) is 11.3. The van der Waals surface area contributed by atoms with Gasteiger partial charge >= 0.3 is 6.18 Å². The van der Waals surface area contributed by atoms with Crippen molar-refractivity contribution in [1.29, 1.82) is 0 Å². The molecule has 0 spiro atoms. The van der Waals surface area contributed by atoms with E-state index in [2.05, 4.69) is 22.3 Å². The van der Waals surface area contributed by atoms with Crippen molar-refractivity contribution in [3.8, 4) is 0 Å². The summed E-state index contributed by atoms with van der Waals surface area (Å²) in [5, 5.41) is 3.14. The highest BCUT2D eigenvalue weighted by molar-refractivity contribution is 7.80. The zero-order valence-electron chi connectivity index (χ0n) is 17.9. The fourth-order valence-electron chi connectivity index (χ4n) is 3.50. The Bertz CT molecular complexity index is 902. The van der Waals surface area contributed by atoms with E-state index in [-0.39, 0.29) is 5.02 Å². The van der Waals surface area contributed by atoms with Crippen molar-refractivity contribution in [2.24, 2.45) is 0 Å². The third-order valence-corrected chi connectivity index (χ3v) is 5.99. The molecule has 0 atom stereocenters. The van der Waals surface area contributed by atoms with Crippen molar-refractivity contribution >= 4 is 34.6 Å². The van der Waals surface area contributed by atoms with Crippen molar-refractivity contribution in [2.45, 2.75) is 26.1 Å². The summed E-state index contributed by atoms with van der Waals surface area (Å²) in [5.41, 5.74) is 1.84. The minimum atomic E-state index is -4.49. The quantitative estimate of drug-likeness (QED) is 0.516. The number of alkyl halides is 3. The summed E-state index contributed by atoms with van der Waals surface area (Å²) >= 11 is 11.5. The average molecular weight is 486 g/mol. The van der Waals surface area contributed by atoms with E-state index >= 15 is 0 Å². The summed E-state index contributed by atoms with van der Waals surface area (Å²) in [4.78, 5) is 4.39. The molecule has 2 aromatic rings. The van der Waals surface area contributed by atoms with Gasteiger partial charge in [-0.15, -0.1) is 0 Å². The minimum absolute atomic E-state index is 0.359. The lowest BCUT2D eigenvalue weighted by molar-refractivity contribution is -0.137. The van der Waals surface area contributed by atoms with Crippen molar-refractivity contribution < 1.29 is 17.9 Å². The summed E-state index contributed by atoms with van der Waals surface area (Å²) in [7, 11) is 0. The van der Waals surface area contributed by atoms with Crippen LogP contribution < -0.4 is 5.32 Å². The van der Waals surface area contributed by atoms with Gasteiger partial charge in [0.15, 0.2) is 5.11 Å². The molecule has 174 valence electrons. The van der Waals surface area contributed by atoms with Crippen LogP contribution in [0.25, 0.3) is 0 Å². The number of benzene rings is 2. The standard InChI is InChI=1S/C23H27ClF3N3OS/c1-17-3-5-18(6-4-17)16-30(10-2-9-29-11-13-31-14-12-29)22(32)28-19-7-8-20(21(24)15-19)23(25,26)27/h3-8,15H,2,9-14,16H2,1H3,(H,28,32). The van der Waals surface area contributed by atoms with Crippen LogP contribution in [0.1, 0.15) is 23.1 Å². The van der Waals surface area contributed by atoms with E-state index in [1.807, 2.05) is 24.0 Å². The van der Waals surface area contributed by atoms with Crippen LogP contribution in [0.5, 0.6) is 0 Å². The normalized spacial score (nSPS) is 14.9. The predicted molar refractivity (Wildman–Crippen MR) is 126 cm³/mol. The average Bonchev–Trinajstić information content (AvgIpc) is 2.74. The van der Waals surface area contributed by atoms with Gasteiger partial charge in [0, 0.05) is 38.4 Å². The number of anilines is 1. The third-order valence-electron chi connectivity index (χ3n) is 5.31. The molecule has 1 N–H and O–H groups in total. The Labute approximate surface area is 197 Å². The van der Waals surface area contributed by atoms with E-state index < -0.39 is 11.7 Å². The molecule has 2 aromatic carbocycles. The van der Waals surface area contributed by atoms with Gasteiger partial charge < -0.3 is 15.0 Å². The Balaban J connectivity index is 1.67. The zero-order valence-corrected chi connectivity index (χ0v) is 19.5. The molecule has 1 aliphatic heterocycles. The van der Waals surface area contributed by atoms with Gasteiger partial charge in [-0.2, -0.15) is 13.2 Å². The van der Waals surface area contributed by atoms with Crippen LogP contribution in [0.3, 0.4) is 0 Å². The Hall–Kier alpha value is -1.87. The van der Waals surface area contributed by atoms with Crippen LogP contribution in [0.4, 0.5) is 18.9 Å². The van der Waals surface area contributed by atoms with Gasteiger partial charge in [0.1, 0.15) is 0 Å². The number of halogens is 4. The van der Waals surface area contributed by atoms with Crippen molar-refractivity contribution in [1.82, 2.24) is 9.80 Å². The van der Waals surface area contributed by atoms with E-state index in [1.54, 1.807) is 0 Å². The summed E-state index contributed by atoms with van der Waals surface area (Å²) in [6.45, 7) is 7.63. The second-order valence-corrected chi connectivity index (χ2v) is 8.63. The largest absolute Gasteiger partial charge is 0.417 e. The molecule has 32 heavy (non-hydrogen) atoms. The van der Waals surface area contributed by atoms with Gasteiger partial charge in [-0.25, -0.2) is 0 Å². The molecule has 1 fully saturated rings. The molecule has 1 heterocycles. The minimum Gasteiger partial charge on any atom is -0.379 e. The summed E-state index contributed by atoms with van der Waals surface area (Å²) in [6.07, 6.45) is -3.59. The van der Waals surface area contributed by atoms with Crippen LogP contribution in [0, 0.1) is 6.92 Å². The lowest BCUT2D eigenvalue weighted by Crippen LogP contribution is -2.40. The molecule has 1 aliphatic rings. The highest BCUT2D eigenvalue weighted by Gasteiger charge is 2.33. The molecule has 0 amide bonds. The first-order chi connectivity index (χ1) is 15.2. The molecule has 0 aliphatic carbocycles. The maximum absolute atomic E-state index is 13.0. The summed E-state index contributed by atoms with van der Waals surface area (Å²) in [6, 6.07) is 11.8. The summed E-state index contributed by atoms with van der Waals surface area (Å²) < 4.78 is 44.3. The molecular weight excluding hydrogens is 459 g/mol. The number of morpholine rings is 1. The fraction of sp³-hybridized carbons (Fsp3) is 0.435. The van der Waals surface area contributed by atoms with Crippen molar-refractivity contribution in [3.63, 3.8) is 0 Å². The number of hydrogen-bond acceptors (Lipinski definition) is 3. The second-order valence-electron chi connectivity index (χ2n) is 7.84. The van der Waals surface area contributed by atoms with E-state index in [0.717, 1.165) is 50.9 Å². The lowest BCUT2D eigenvalue weighted by Gasteiger charge is -2.30. The number of aryl methyl sites for hydroxylation is 1. The van der Waals surface area contributed by atoms with Crippen LogP contribution in [0.2, 0.25) is 5.02 Å². The molecule has 0 unspecified atom stereocenters. The van der Waals surface area contributed by atoms with Gasteiger partial charge in [0.25, 0.3) is 0 Å². The number of thiocarbonyl (C=S) groups is 1. The molecule has 9 heteroatoms. The first kappa shape index (κ1) is 24.8. The Kier molecular flexibility index (Phi) is 8.76. The maximum atomic E-state index is 13.0. The molecule has 0 radical (unpaired) electrons. The molecule has 1 saturated heterocycles. The summed E-state index contributed by atoms with van der Waals surface area (Å²) in [5.74, 6) is 0. The molecular formula is C23H27ClF3N3OS. The fourth-order valence-corrected chi connectivity index (χ4v) is 4.06. The Morgan fingerprint density at radius 3 is 2.47 bits per heavy atom. The van der Waals surface area contributed by atoms with Crippen molar-refractivity contribution in [2.75, 3.05) is 44.7 Å². The number of nitrogens with zero attached hydrogens (tertiary/aromatic N) is 2. The van der Waals surface area contributed by atoms with Crippen molar-refractivity contribution in [3.05, 3.63) is 64.2 Å². The predicted octanol–water partition coefficient (Wildman–Crippen LogP) is 5.59. The molecule has 0 bridgehead atoms. The van der Waals surface area contributed by atoms with Crippen LogP contribution in [-0.4, -0.2) is 54.3 Å². The van der Waals surface area contributed by atoms with Crippen LogP contribution in [0.15, 0.2) is 42.5 Å².